The van der Waals surface area contributed by atoms with E-state index >= 15 is 0 Å². The first kappa shape index (κ1) is 18.1. The fourth-order valence-corrected chi connectivity index (χ4v) is 2.67. The lowest BCUT2D eigenvalue weighted by Gasteiger charge is -2.34. The Labute approximate surface area is 146 Å². The van der Waals surface area contributed by atoms with E-state index in [1.807, 2.05) is 6.92 Å². The molecule has 0 unspecified atom stereocenters. The van der Waals surface area contributed by atoms with Crippen LogP contribution >= 0.6 is 0 Å². The molecule has 0 bridgehead atoms. The summed E-state index contributed by atoms with van der Waals surface area (Å²) in [5.41, 5.74) is 11.9. The third-order valence-corrected chi connectivity index (χ3v) is 4.52. The van der Waals surface area contributed by atoms with Crippen LogP contribution in [0, 0.1) is 6.92 Å². The van der Waals surface area contributed by atoms with Gasteiger partial charge in [-0.2, -0.15) is 0 Å². The zero-order chi connectivity index (χ0) is 17.7. The number of benzene rings is 1. The molecule has 0 aliphatic carbocycles. The van der Waals surface area contributed by atoms with Gasteiger partial charge in [0.05, 0.1) is 0 Å². The van der Waals surface area contributed by atoms with Gasteiger partial charge in [0.15, 0.2) is 0 Å². The van der Waals surface area contributed by atoms with Crippen molar-refractivity contribution in [2.75, 3.05) is 43.4 Å². The zero-order valence-corrected chi connectivity index (χ0v) is 15.2. The van der Waals surface area contributed by atoms with Gasteiger partial charge in [0.25, 0.3) is 0 Å². The van der Waals surface area contributed by atoms with Gasteiger partial charge in [-0.3, -0.25) is 0 Å². The number of piperazine rings is 1. The number of rotatable bonds is 6. The lowest BCUT2D eigenvalue weighted by atomic mass is 10.1. The van der Waals surface area contributed by atoms with Crippen molar-refractivity contribution in [1.82, 2.24) is 4.90 Å². The van der Waals surface area contributed by atoms with Gasteiger partial charge in [-0.25, -0.2) is 0 Å². The van der Waals surface area contributed by atoms with Gasteiger partial charge in [-0.05, 0) is 44.2 Å². The maximum atomic E-state index is 5.63. The number of hydrogen-bond donors (Lipinski definition) is 2. The lowest BCUT2D eigenvalue weighted by molar-refractivity contribution is 0.313. The minimum atomic E-state index is 0.662. The van der Waals surface area contributed by atoms with Gasteiger partial charge in [0, 0.05) is 55.4 Å². The second-order valence-corrected chi connectivity index (χ2v) is 6.64. The van der Waals surface area contributed by atoms with Crippen molar-refractivity contribution in [3.8, 4) is 0 Å². The van der Waals surface area contributed by atoms with Crippen molar-refractivity contribution in [1.29, 1.82) is 0 Å². The quantitative estimate of drug-likeness (QED) is 0.786. The predicted molar refractivity (Wildman–Crippen MR) is 105 cm³/mol. The van der Waals surface area contributed by atoms with Crippen LogP contribution in [0.5, 0.6) is 0 Å². The molecule has 0 atom stereocenters. The standard InChI is InChI=1S/C20H30N4/c1-15(6-8-17(3)21)18(4)22-20-14-19(9-7-16(20)2)24-12-10-23(5)11-13-24/h6-7,9,14,22H,3-4,8,10-13,21H2,1-2,5H3/b15-6+. The Morgan fingerprint density at radius 3 is 2.54 bits per heavy atom. The summed E-state index contributed by atoms with van der Waals surface area (Å²) in [6.07, 6.45) is 2.73. The van der Waals surface area contributed by atoms with E-state index in [9.17, 15) is 0 Å². The molecule has 0 spiro atoms. The number of anilines is 2. The molecule has 1 aliphatic heterocycles. The molecule has 0 amide bonds. The van der Waals surface area contributed by atoms with Crippen molar-refractivity contribution < 1.29 is 0 Å². The second-order valence-electron chi connectivity index (χ2n) is 6.64. The Hall–Kier alpha value is -2.20. The molecular weight excluding hydrogens is 296 g/mol. The van der Waals surface area contributed by atoms with E-state index < -0.39 is 0 Å². The summed E-state index contributed by atoms with van der Waals surface area (Å²) in [6, 6.07) is 6.60. The van der Waals surface area contributed by atoms with E-state index in [1.54, 1.807) is 0 Å². The van der Waals surface area contributed by atoms with Crippen molar-refractivity contribution in [2.45, 2.75) is 20.3 Å². The Bertz CT molecular complexity index is 637. The van der Waals surface area contributed by atoms with Crippen LogP contribution in [0.15, 0.2) is 54.4 Å². The number of allylic oxidation sites excluding steroid dienone is 2. The Balaban J connectivity index is 2.09. The van der Waals surface area contributed by atoms with E-state index in [0.29, 0.717) is 12.1 Å². The van der Waals surface area contributed by atoms with Crippen LogP contribution in [0.2, 0.25) is 0 Å². The molecule has 1 aliphatic rings. The fraction of sp³-hybridized carbons (Fsp3) is 0.400. The Morgan fingerprint density at radius 1 is 1.25 bits per heavy atom. The van der Waals surface area contributed by atoms with Crippen molar-refractivity contribution in [3.05, 3.63) is 60.0 Å². The first-order valence-electron chi connectivity index (χ1n) is 8.47. The predicted octanol–water partition coefficient (Wildman–Crippen LogP) is 3.48. The normalized spacial score (nSPS) is 16.1. The molecule has 1 aromatic rings. The summed E-state index contributed by atoms with van der Waals surface area (Å²) in [4.78, 5) is 4.81. The molecule has 130 valence electrons. The monoisotopic (exact) mass is 326 g/mol. The maximum absolute atomic E-state index is 5.63. The van der Waals surface area contributed by atoms with Gasteiger partial charge in [0.1, 0.15) is 0 Å². The van der Waals surface area contributed by atoms with Crippen LogP contribution < -0.4 is 16.0 Å². The number of hydrogen-bond acceptors (Lipinski definition) is 4. The molecule has 1 saturated heterocycles. The molecule has 1 aromatic carbocycles. The zero-order valence-electron chi connectivity index (χ0n) is 15.2. The van der Waals surface area contributed by atoms with E-state index in [4.69, 9.17) is 5.73 Å². The average Bonchev–Trinajstić information content (AvgIpc) is 2.55. The van der Waals surface area contributed by atoms with Gasteiger partial charge < -0.3 is 20.9 Å². The highest BCUT2D eigenvalue weighted by molar-refractivity contribution is 5.65. The highest BCUT2D eigenvalue weighted by Crippen LogP contribution is 2.26. The molecular formula is C20H30N4. The molecule has 2 rings (SSSR count). The first-order chi connectivity index (χ1) is 11.4. The average molecular weight is 326 g/mol. The number of likely N-dealkylation sites (N-methyl/N-ethyl adjacent to an activating group) is 1. The second kappa shape index (κ2) is 8.06. The fourth-order valence-electron chi connectivity index (χ4n) is 2.67. The number of nitrogens with zero attached hydrogens (tertiary/aromatic N) is 2. The summed E-state index contributed by atoms with van der Waals surface area (Å²) in [5.74, 6) is 0. The van der Waals surface area contributed by atoms with E-state index in [1.165, 1.54) is 11.3 Å². The number of aryl methyl sites for hydroxylation is 1. The minimum absolute atomic E-state index is 0.662. The van der Waals surface area contributed by atoms with E-state index in [2.05, 4.69) is 66.5 Å². The largest absolute Gasteiger partial charge is 0.402 e. The number of nitrogens with one attached hydrogen (secondary N) is 1. The third-order valence-electron chi connectivity index (χ3n) is 4.52. The van der Waals surface area contributed by atoms with Crippen LogP contribution in [-0.4, -0.2) is 38.1 Å². The first-order valence-corrected chi connectivity index (χ1v) is 8.47. The van der Waals surface area contributed by atoms with Gasteiger partial charge in [0.2, 0.25) is 0 Å². The minimum Gasteiger partial charge on any atom is -0.402 e. The molecule has 3 N–H and O–H groups in total. The van der Waals surface area contributed by atoms with Crippen LogP contribution in [-0.2, 0) is 0 Å². The topological polar surface area (TPSA) is 44.5 Å². The molecule has 4 nitrogen and oxygen atoms in total. The molecule has 0 radical (unpaired) electrons. The van der Waals surface area contributed by atoms with Crippen molar-refractivity contribution in [3.63, 3.8) is 0 Å². The Kier molecular flexibility index (Phi) is 6.10. The van der Waals surface area contributed by atoms with E-state index in [0.717, 1.165) is 43.1 Å². The summed E-state index contributed by atoms with van der Waals surface area (Å²) >= 11 is 0. The maximum Gasteiger partial charge on any atom is 0.0434 e. The van der Waals surface area contributed by atoms with Crippen LogP contribution in [0.1, 0.15) is 18.9 Å². The summed E-state index contributed by atoms with van der Waals surface area (Å²) < 4.78 is 0. The Morgan fingerprint density at radius 2 is 1.92 bits per heavy atom. The van der Waals surface area contributed by atoms with Crippen LogP contribution in [0.25, 0.3) is 0 Å². The molecule has 4 heteroatoms. The molecule has 24 heavy (non-hydrogen) atoms. The summed E-state index contributed by atoms with van der Waals surface area (Å²) in [5, 5.41) is 3.45. The van der Waals surface area contributed by atoms with Crippen LogP contribution in [0.3, 0.4) is 0 Å². The summed E-state index contributed by atoms with van der Waals surface area (Å²) in [6.45, 7) is 16.4. The molecule has 0 saturated carbocycles. The highest BCUT2D eigenvalue weighted by Gasteiger charge is 2.15. The van der Waals surface area contributed by atoms with Crippen LogP contribution in [0.4, 0.5) is 11.4 Å². The van der Waals surface area contributed by atoms with Gasteiger partial charge in [-0.15, -0.1) is 0 Å². The van der Waals surface area contributed by atoms with Gasteiger partial charge in [-0.1, -0.05) is 25.3 Å². The number of nitrogens with two attached hydrogens (primary N) is 1. The highest BCUT2D eigenvalue weighted by atomic mass is 15.2. The summed E-state index contributed by atoms with van der Waals surface area (Å²) in [7, 11) is 2.18. The molecule has 1 heterocycles. The van der Waals surface area contributed by atoms with Crippen molar-refractivity contribution in [2.24, 2.45) is 5.73 Å². The smallest absolute Gasteiger partial charge is 0.0434 e. The lowest BCUT2D eigenvalue weighted by Crippen LogP contribution is -2.44. The molecule has 1 fully saturated rings. The van der Waals surface area contributed by atoms with Gasteiger partial charge >= 0.3 is 0 Å². The van der Waals surface area contributed by atoms with E-state index in [-0.39, 0.29) is 0 Å². The SMILES string of the molecule is C=C(N)C/C=C(\C)C(=C)Nc1cc(N2CCN(C)CC2)ccc1C. The van der Waals surface area contributed by atoms with Crippen molar-refractivity contribution >= 4 is 11.4 Å². The molecule has 0 aromatic heterocycles. The third kappa shape index (κ3) is 4.90.